The Morgan fingerprint density at radius 2 is 1.72 bits per heavy atom. The van der Waals surface area contributed by atoms with E-state index in [1.807, 2.05) is 42.5 Å². The first kappa shape index (κ1) is 24.2. The predicted octanol–water partition coefficient (Wildman–Crippen LogP) is 4.59. The number of piperidine rings is 1. The fourth-order valence-corrected chi connectivity index (χ4v) is 5.48. The first-order chi connectivity index (χ1) is 17.3. The lowest BCUT2D eigenvalue weighted by atomic mass is 9.89. The molecule has 3 aromatic rings. The number of Topliss-reactive ketones (excluding diaryl/α,β-unsaturated/α-hetero) is 1. The van der Waals surface area contributed by atoms with Gasteiger partial charge in [-0.1, -0.05) is 46.3 Å². The quantitative estimate of drug-likeness (QED) is 0.373. The molecule has 0 spiro atoms. The number of halogens is 1. The summed E-state index contributed by atoms with van der Waals surface area (Å²) in [5, 5.41) is 0. The molecule has 184 valence electrons. The van der Waals surface area contributed by atoms with E-state index in [2.05, 4.69) is 20.9 Å². The van der Waals surface area contributed by atoms with Crippen LogP contribution in [0.25, 0.3) is 0 Å². The molecule has 36 heavy (non-hydrogen) atoms. The maximum absolute atomic E-state index is 14.1. The smallest absolute Gasteiger partial charge is 0.261 e. The largest absolute Gasteiger partial charge is 0.338 e. The molecule has 2 aliphatic heterocycles. The monoisotopic (exact) mass is 547 g/mol. The summed E-state index contributed by atoms with van der Waals surface area (Å²) in [6.45, 7) is 3.06. The molecule has 1 fully saturated rings. The topological polar surface area (TPSA) is 90.6 Å². The molecule has 2 aromatic carbocycles. The Kier molecular flexibility index (Phi) is 6.62. The lowest BCUT2D eigenvalue weighted by molar-refractivity contribution is -0.118. The Bertz CT molecular complexity index is 1410. The van der Waals surface area contributed by atoms with E-state index in [-0.39, 0.29) is 17.0 Å². The second kappa shape index (κ2) is 9.85. The van der Waals surface area contributed by atoms with Crippen LogP contribution in [0.5, 0.6) is 0 Å². The molecule has 1 unspecified atom stereocenters. The van der Waals surface area contributed by atoms with Gasteiger partial charge in [-0.15, -0.1) is 0 Å². The molecule has 1 aromatic heterocycles. The molecule has 2 aliphatic rings. The van der Waals surface area contributed by atoms with Gasteiger partial charge in [-0.2, -0.15) is 0 Å². The third-order valence-electron chi connectivity index (χ3n) is 6.84. The van der Waals surface area contributed by atoms with Gasteiger partial charge in [0.05, 0.1) is 6.54 Å². The van der Waals surface area contributed by atoms with Gasteiger partial charge in [0.1, 0.15) is 11.5 Å². The van der Waals surface area contributed by atoms with Crippen LogP contribution in [0.15, 0.2) is 63.9 Å². The van der Waals surface area contributed by atoms with E-state index in [9.17, 15) is 19.2 Å². The van der Waals surface area contributed by atoms with E-state index in [1.54, 1.807) is 22.8 Å². The number of hydrogen-bond donors (Lipinski definition) is 1. The van der Waals surface area contributed by atoms with Crippen LogP contribution in [0, 0.1) is 6.92 Å². The van der Waals surface area contributed by atoms with Gasteiger partial charge in [0, 0.05) is 34.5 Å². The van der Waals surface area contributed by atoms with E-state index in [0.29, 0.717) is 36.6 Å². The summed E-state index contributed by atoms with van der Waals surface area (Å²) in [7, 11) is 0. The summed E-state index contributed by atoms with van der Waals surface area (Å²) >= 11 is 3.46. The van der Waals surface area contributed by atoms with Crippen molar-refractivity contribution in [2.45, 2.75) is 38.6 Å². The molecular weight excluding hydrogens is 522 g/mol. The van der Waals surface area contributed by atoms with E-state index in [0.717, 1.165) is 29.3 Å². The average molecular weight is 548 g/mol. The molecule has 0 bridgehead atoms. The number of benzene rings is 2. The normalized spacial score (nSPS) is 17.3. The van der Waals surface area contributed by atoms with Gasteiger partial charge in [-0.05, 0) is 61.6 Å². The zero-order valence-electron chi connectivity index (χ0n) is 19.9. The first-order valence-corrected chi connectivity index (χ1v) is 12.9. The van der Waals surface area contributed by atoms with Crippen LogP contribution in [0.3, 0.4) is 0 Å². The Morgan fingerprint density at radius 1 is 1.00 bits per heavy atom. The zero-order chi connectivity index (χ0) is 25.4. The number of carbonyl (C=O) groups is 3. The highest BCUT2D eigenvalue weighted by Crippen LogP contribution is 2.41. The van der Waals surface area contributed by atoms with Crippen LogP contribution < -0.4 is 10.5 Å². The number of aromatic amines is 1. The molecule has 8 heteroatoms. The number of nitrogens with zero attached hydrogens (tertiary/aromatic N) is 2. The number of amides is 2. The van der Waals surface area contributed by atoms with Gasteiger partial charge in [-0.3, -0.25) is 19.2 Å². The molecule has 1 N–H and O–H groups in total. The van der Waals surface area contributed by atoms with Crippen molar-refractivity contribution in [3.8, 4) is 0 Å². The lowest BCUT2D eigenvalue weighted by Gasteiger charge is -2.27. The Hall–Kier alpha value is -3.52. The number of aryl methyl sites for hydroxylation is 1. The number of anilines is 1. The van der Waals surface area contributed by atoms with Crippen LogP contribution in [0.4, 0.5) is 5.69 Å². The van der Waals surface area contributed by atoms with Crippen molar-refractivity contribution < 1.29 is 14.4 Å². The average Bonchev–Trinajstić information content (AvgIpc) is 3.14. The van der Waals surface area contributed by atoms with Crippen molar-refractivity contribution in [2.75, 3.05) is 18.0 Å². The number of fused-ring (bicyclic) bond motifs is 1. The van der Waals surface area contributed by atoms with Crippen LogP contribution in [0.2, 0.25) is 0 Å². The minimum atomic E-state index is -1.14. The van der Waals surface area contributed by atoms with Gasteiger partial charge in [0.2, 0.25) is 5.91 Å². The standard InChI is InChI=1S/C28H26BrN3O4/c1-17-14-21(24(26(34)30-17)27(35)31-12-6-3-7-13-31)25(33)23-20-15-19(29)10-11-22(20)32(28(23)36)16-18-8-4-2-5-9-18/h2,4-5,8-11,14-15,23H,3,6-7,12-13,16H2,1H3,(H,30,34). The molecule has 3 heterocycles. The third-order valence-corrected chi connectivity index (χ3v) is 7.33. The number of nitrogens with one attached hydrogen (secondary N) is 1. The lowest BCUT2D eigenvalue weighted by Crippen LogP contribution is -2.40. The van der Waals surface area contributed by atoms with Crippen molar-refractivity contribution in [1.82, 2.24) is 9.88 Å². The Morgan fingerprint density at radius 3 is 2.44 bits per heavy atom. The third kappa shape index (κ3) is 4.41. The van der Waals surface area contributed by atoms with Crippen LogP contribution in [-0.4, -0.2) is 40.6 Å². The molecule has 1 saturated heterocycles. The van der Waals surface area contributed by atoms with E-state index >= 15 is 0 Å². The summed E-state index contributed by atoms with van der Waals surface area (Å²) < 4.78 is 0.736. The number of aromatic nitrogens is 1. The first-order valence-electron chi connectivity index (χ1n) is 12.1. The van der Waals surface area contributed by atoms with Gasteiger partial charge in [-0.25, -0.2) is 0 Å². The second-order valence-corrected chi connectivity index (χ2v) is 10.2. The number of pyridine rings is 1. The predicted molar refractivity (Wildman–Crippen MR) is 140 cm³/mol. The zero-order valence-corrected chi connectivity index (χ0v) is 21.5. The summed E-state index contributed by atoms with van der Waals surface area (Å²) in [6, 6.07) is 16.5. The molecule has 7 nitrogen and oxygen atoms in total. The van der Waals surface area contributed by atoms with Crippen LogP contribution in [0.1, 0.15) is 62.7 Å². The maximum Gasteiger partial charge on any atom is 0.261 e. The SMILES string of the molecule is Cc1cc(C(=O)C2C(=O)N(Cc3ccccc3)c3ccc(Br)cc32)c(C(=O)N2CCCCC2)c(=O)[nH]1. The maximum atomic E-state index is 14.1. The number of ketones is 1. The van der Waals surface area contributed by atoms with E-state index in [1.165, 1.54) is 6.07 Å². The number of H-pyrrole nitrogens is 1. The summed E-state index contributed by atoms with van der Waals surface area (Å²) in [5.41, 5.74) is 1.81. The van der Waals surface area contributed by atoms with Gasteiger partial charge in [0.15, 0.2) is 5.78 Å². The molecule has 0 aliphatic carbocycles. The Labute approximate surface area is 217 Å². The van der Waals surface area contributed by atoms with Crippen molar-refractivity contribution in [3.63, 3.8) is 0 Å². The summed E-state index contributed by atoms with van der Waals surface area (Å²) in [6.07, 6.45) is 2.74. The molecular formula is C28H26BrN3O4. The Balaban J connectivity index is 1.58. The van der Waals surface area contributed by atoms with Crippen LogP contribution >= 0.6 is 15.9 Å². The van der Waals surface area contributed by atoms with Crippen molar-refractivity contribution in [2.24, 2.45) is 0 Å². The highest BCUT2D eigenvalue weighted by molar-refractivity contribution is 9.10. The van der Waals surface area contributed by atoms with Crippen LogP contribution in [-0.2, 0) is 11.3 Å². The number of likely N-dealkylation sites (tertiary alicyclic amines) is 1. The molecule has 0 saturated carbocycles. The van der Waals surface area contributed by atoms with Gasteiger partial charge >= 0.3 is 0 Å². The minimum absolute atomic E-state index is 0.00217. The van der Waals surface area contributed by atoms with Crippen molar-refractivity contribution >= 4 is 39.2 Å². The highest BCUT2D eigenvalue weighted by atomic mass is 79.9. The highest BCUT2D eigenvalue weighted by Gasteiger charge is 2.43. The van der Waals surface area contributed by atoms with E-state index in [4.69, 9.17) is 0 Å². The number of hydrogen-bond acceptors (Lipinski definition) is 4. The second-order valence-electron chi connectivity index (χ2n) is 9.33. The minimum Gasteiger partial charge on any atom is -0.338 e. The van der Waals surface area contributed by atoms with Gasteiger partial charge in [0.25, 0.3) is 11.5 Å². The van der Waals surface area contributed by atoms with Crippen molar-refractivity contribution in [1.29, 1.82) is 0 Å². The van der Waals surface area contributed by atoms with E-state index < -0.39 is 23.2 Å². The molecule has 0 radical (unpaired) electrons. The fourth-order valence-electron chi connectivity index (χ4n) is 5.10. The molecule has 5 rings (SSSR count). The summed E-state index contributed by atoms with van der Waals surface area (Å²) in [5.74, 6) is -2.51. The number of carbonyl (C=O) groups excluding carboxylic acids is 3. The summed E-state index contributed by atoms with van der Waals surface area (Å²) in [4.78, 5) is 60.1. The number of rotatable bonds is 5. The fraction of sp³-hybridized carbons (Fsp3) is 0.286. The molecule has 1 atom stereocenters. The molecule has 2 amide bonds. The van der Waals surface area contributed by atoms with Gasteiger partial charge < -0.3 is 14.8 Å². The van der Waals surface area contributed by atoms with Crippen molar-refractivity contribution in [3.05, 3.63) is 97.4 Å².